The number of hydrogen-bond donors (Lipinski definition) is 1. The highest BCUT2D eigenvalue weighted by molar-refractivity contribution is 5.39. The van der Waals surface area contributed by atoms with Crippen molar-refractivity contribution in [3.05, 3.63) is 29.3 Å². The summed E-state index contributed by atoms with van der Waals surface area (Å²) in [6.45, 7) is 3.10. The lowest BCUT2D eigenvalue weighted by Crippen LogP contribution is -2.25. The molecule has 1 aliphatic rings. The van der Waals surface area contributed by atoms with Crippen molar-refractivity contribution in [1.82, 2.24) is 5.32 Å². The van der Waals surface area contributed by atoms with Crippen LogP contribution in [0.25, 0.3) is 0 Å². The molecule has 2 heteroatoms. The van der Waals surface area contributed by atoms with Gasteiger partial charge in [-0.05, 0) is 43.5 Å². The lowest BCUT2D eigenvalue weighted by atomic mass is 10.00. The van der Waals surface area contributed by atoms with Gasteiger partial charge in [0.1, 0.15) is 5.75 Å². The highest BCUT2D eigenvalue weighted by Crippen LogP contribution is 2.26. The molecule has 0 aromatic heterocycles. The fourth-order valence-electron chi connectivity index (χ4n) is 2.52. The molecule has 0 saturated carbocycles. The number of benzene rings is 1. The topological polar surface area (TPSA) is 21.3 Å². The number of aryl methyl sites for hydroxylation is 1. The first-order valence-electron chi connectivity index (χ1n) is 6.75. The number of nitrogens with one attached hydrogen (secondary N) is 1. The van der Waals surface area contributed by atoms with Gasteiger partial charge in [-0.3, -0.25) is 0 Å². The van der Waals surface area contributed by atoms with Crippen molar-refractivity contribution in [3.63, 3.8) is 0 Å². The van der Waals surface area contributed by atoms with Gasteiger partial charge in [-0.15, -0.1) is 0 Å². The van der Waals surface area contributed by atoms with Crippen LogP contribution in [-0.4, -0.2) is 19.7 Å². The molecule has 0 bridgehead atoms. The third kappa shape index (κ3) is 3.22. The zero-order valence-corrected chi connectivity index (χ0v) is 11.0. The van der Waals surface area contributed by atoms with Crippen LogP contribution >= 0.6 is 0 Å². The second-order valence-electron chi connectivity index (χ2n) is 4.85. The van der Waals surface area contributed by atoms with Crippen LogP contribution in [0.5, 0.6) is 5.75 Å². The minimum absolute atomic E-state index is 0.657. The van der Waals surface area contributed by atoms with Gasteiger partial charge in [0.15, 0.2) is 0 Å². The Balaban J connectivity index is 1.90. The molecular weight excluding hydrogens is 210 g/mol. The van der Waals surface area contributed by atoms with Crippen LogP contribution in [0.2, 0.25) is 0 Å². The van der Waals surface area contributed by atoms with Crippen LogP contribution in [0.1, 0.15) is 37.3 Å². The Morgan fingerprint density at radius 1 is 1.35 bits per heavy atom. The maximum Gasteiger partial charge on any atom is 0.122 e. The van der Waals surface area contributed by atoms with Gasteiger partial charge >= 0.3 is 0 Å². The zero-order valence-electron chi connectivity index (χ0n) is 11.0. The van der Waals surface area contributed by atoms with E-state index in [1.165, 1.54) is 36.8 Å². The van der Waals surface area contributed by atoms with Crippen LogP contribution in [0, 0.1) is 0 Å². The fraction of sp³-hybridized carbons (Fsp3) is 0.600. The maximum atomic E-state index is 5.53. The van der Waals surface area contributed by atoms with E-state index < -0.39 is 0 Å². The van der Waals surface area contributed by atoms with E-state index in [4.69, 9.17) is 4.74 Å². The van der Waals surface area contributed by atoms with E-state index >= 15 is 0 Å². The molecule has 0 fully saturated rings. The highest BCUT2D eigenvalue weighted by Gasteiger charge is 2.12. The zero-order chi connectivity index (χ0) is 12.1. The molecule has 17 heavy (non-hydrogen) atoms. The summed E-state index contributed by atoms with van der Waals surface area (Å²) in [5.41, 5.74) is 2.84. The van der Waals surface area contributed by atoms with Crippen molar-refractivity contribution in [3.8, 4) is 5.75 Å². The van der Waals surface area contributed by atoms with Gasteiger partial charge in [0.05, 0.1) is 6.61 Å². The van der Waals surface area contributed by atoms with Gasteiger partial charge in [-0.1, -0.05) is 25.5 Å². The molecule has 1 unspecified atom stereocenters. The summed E-state index contributed by atoms with van der Waals surface area (Å²) in [5.74, 6) is 1.09. The molecule has 0 aliphatic carbocycles. The largest absolute Gasteiger partial charge is 0.493 e. The average molecular weight is 233 g/mol. The van der Waals surface area contributed by atoms with Crippen LogP contribution in [0.4, 0.5) is 0 Å². The van der Waals surface area contributed by atoms with Crippen molar-refractivity contribution in [2.24, 2.45) is 0 Å². The lowest BCUT2D eigenvalue weighted by Gasteiger charge is -2.15. The van der Waals surface area contributed by atoms with Crippen LogP contribution in [0.3, 0.4) is 0 Å². The lowest BCUT2D eigenvalue weighted by molar-refractivity contribution is 0.357. The van der Waals surface area contributed by atoms with Gasteiger partial charge < -0.3 is 10.1 Å². The molecular formula is C15H23NO. The van der Waals surface area contributed by atoms with Gasteiger partial charge in [-0.25, -0.2) is 0 Å². The number of hydrogen-bond acceptors (Lipinski definition) is 2. The van der Waals surface area contributed by atoms with Crippen LogP contribution < -0.4 is 10.1 Å². The van der Waals surface area contributed by atoms with Crippen LogP contribution in [-0.2, 0) is 12.8 Å². The summed E-state index contributed by atoms with van der Waals surface area (Å²) < 4.78 is 5.53. The summed E-state index contributed by atoms with van der Waals surface area (Å²) in [5, 5.41) is 3.40. The van der Waals surface area contributed by atoms with Crippen LogP contribution in [0.15, 0.2) is 18.2 Å². The summed E-state index contributed by atoms with van der Waals surface area (Å²) >= 11 is 0. The SMILES string of the molecule is CCCC(CCc1ccc2c(c1)CCO2)NC. The van der Waals surface area contributed by atoms with E-state index in [-0.39, 0.29) is 0 Å². The smallest absolute Gasteiger partial charge is 0.122 e. The molecule has 94 valence electrons. The van der Waals surface area contributed by atoms with Crippen molar-refractivity contribution in [2.45, 2.75) is 45.1 Å². The summed E-state index contributed by atoms with van der Waals surface area (Å²) in [6, 6.07) is 7.32. The second kappa shape index (κ2) is 6.06. The third-order valence-electron chi connectivity index (χ3n) is 3.58. The Morgan fingerprint density at radius 2 is 2.24 bits per heavy atom. The third-order valence-corrected chi connectivity index (χ3v) is 3.58. The van der Waals surface area contributed by atoms with Gasteiger partial charge in [0.25, 0.3) is 0 Å². The Hall–Kier alpha value is -1.02. The molecule has 0 radical (unpaired) electrons. The molecule has 1 aromatic rings. The number of ether oxygens (including phenoxy) is 1. The van der Waals surface area contributed by atoms with E-state index in [2.05, 4.69) is 37.5 Å². The highest BCUT2D eigenvalue weighted by atomic mass is 16.5. The van der Waals surface area contributed by atoms with Crippen molar-refractivity contribution in [2.75, 3.05) is 13.7 Å². The fourth-order valence-corrected chi connectivity index (χ4v) is 2.52. The monoisotopic (exact) mass is 233 g/mol. The molecule has 0 spiro atoms. The van der Waals surface area contributed by atoms with Gasteiger partial charge in [0.2, 0.25) is 0 Å². The van der Waals surface area contributed by atoms with Gasteiger partial charge in [0, 0.05) is 12.5 Å². The molecule has 0 amide bonds. The molecule has 0 saturated heterocycles. The second-order valence-corrected chi connectivity index (χ2v) is 4.85. The summed E-state index contributed by atoms with van der Waals surface area (Å²) in [7, 11) is 2.07. The number of rotatable bonds is 6. The van der Waals surface area contributed by atoms with Crippen molar-refractivity contribution < 1.29 is 4.74 Å². The van der Waals surface area contributed by atoms with Crippen molar-refractivity contribution in [1.29, 1.82) is 0 Å². The first-order valence-corrected chi connectivity index (χ1v) is 6.75. The Labute approximate surface area is 104 Å². The van der Waals surface area contributed by atoms with E-state index in [0.717, 1.165) is 18.8 Å². The molecule has 1 N–H and O–H groups in total. The minimum atomic E-state index is 0.657. The first-order chi connectivity index (χ1) is 8.33. The molecule has 1 heterocycles. The van der Waals surface area contributed by atoms with E-state index in [1.807, 2.05) is 0 Å². The predicted octanol–water partition coefficient (Wildman–Crippen LogP) is 2.94. The van der Waals surface area contributed by atoms with Crippen molar-refractivity contribution >= 4 is 0 Å². The average Bonchev–Trinajstić information content (AvgIpc) is 2.81. The molecule has 1 atom stereocenters. The normalized spacial score (nSPS) is 15.4. The standard InChI is InChI=1S/C15H23NO/c1-3-4-14(16-2)7-5-12-6-8-15-13(11-12)9-10-17-15/h6,8,11,14,16H,3-5,7,9-10H2,1-2H3. The predicted molar refractivity (Wildman–Crippen MR) is 71.7 cm³/mol. The summed E-state index contributed by atoms with van der Waals surface area (Å²) in [4.78, 5) is 0. The van der Waals surface area contributed by atoms with E-state index in [9.17, 15) is 0 Å². The molecule has 1 aliphatic heterocycles. The maximum absolute atomic E-state index is 5.53. The quantitative estimate of drug-likeness (QED) is 0.815. The van der Waals surface area contributed by atoms with E-state index in [1.54, 1.807) is 0 Å². The minimum Gasteiger partial charge on any atom is -0.493 e. The van der Waals surface area contributed by atoms with Gasteiger partial charge in [-0.2, -0.15) is 0 Å². The molecule has 2 rings (SSSR count). The summed E-state index contributed by atoms with van der Waals surface area (Å²) in [6.07, 6.45) is 5.99. The van der Waals surface area contributed by atoms with E-state index in [0.29, 0.717) is 6.04 Å². The Kier molecular flexibility index (Phi) is 4.43. The Bertz CT molecular complexity index is 362. The molecule has 2 nitrogen and oxygen atoms in total. The number of fused-ring (bicyclic) bond motifs is 1. The first kappa shape index (κ1) is 12.4. The Morgan fingerprint density at radius 3 is 3.00 bits per heavy atom. The molecule has 1 aromatic carbocycles.